The molecule has 0 heterocycles. The van der Waals surface area contributed by atoms with Crippen LogP contribution in [0.2, 0.25) is 10.0 Å². The average molecular weight is 538 g/mol. The van der Waals surface area contributed by atoms with Crippen LogP contribution in [0.3, 0.4) is 0 Å². The maximum atomic E-state index is 13.1. The summed E-state index contributed by atoms with van der Waals surface area (Å²) in [6.07, 6.45) is 0. The van der Waals surface area contributed by atoms with Crippen molar-refractivity contribution in [3.8, 4) is 5.75 Å². The molecule has 0 saturated carbocycles. The molecule has 0 aliphatic rings. The van der Waals surface area contributed by atoms with E-state index in [1.165, 1.54) is 4.90 Å². The van der Waals surface area contributed by atoms with Gasteiger partial charge in [0.2, 0.25) is 5.91 Å². The number of nitrogens with zero attached hydrogens (tertiary/aromatic N) is 1. The molecule has 0 aromatic heterocycles. The highest BCUT2D eigenvalue weighted by Crippen LogP contribution is 2.33. The molecule has 1 unspecified atom stereocenters. The number of likely N-dealkylation sites (N-methyl/N-ethyl adjacent to an activating group) is 1. The number of fused-ring (bicyclic) bond motifs is 1. The molecule has 0 radical (unpaired) electrons. The van der Waals surface area contributed by atoms with E-state index >= 15 is 0 Å². The van der Waals surface area contributed by atoms with Gasteiger partial charge in [-0.15, -0.1) is 0 Å². The monoisotopic (exact) mass is 536 g/mol. The molecule has 3 aromatic carbocycles. The average Bonchev–Trinajstić information content (AvgIpc) is 2.79. The third-order valence-electron chi connectivity index (χ3n) is 5.03. The zero-order valence-corrected chi connectivity index (χ0v) is 20.8. The predicted molar refractivity (Wildman–Crippen MR) is 132 cm³/mol. The Bertz CT molecular complexity index is 1140. The Morgan fingerprint density at radius 2 is 1.84 bits per heavy atom. The lowest BCUT2D eigenvalue weighted by Gasteiger charge is -2.28. The van der Waals surface area contributed by atoms with E-state index < -0.39 is 6.04 Å². The van der Waals surface area contributed by atoms with Crippen molar-refractivity contribution < 1.29 is 14.3 Å². The van der Waals surface area contributed by atoms with Crippen LogP contribution in [0.4, 0.5) is 0 Å². The Labute approximate surface area is 205 Å². The van der Waals surface area contributed by atoms with Crippen LogP contribution < -0.4 is 10.1 Å². The first-order valence-electron chi connectivity index (χ1n) is 10.1. The SMILES string of the molecule is CCNC(=O)C(C)N(Cc1ccc(Cl)c(Cl)c1)C(=O)COc1ccc2ccccc2c1Br. The molecule has 0 spiro atoms. The molecule has 1 atom stereocenters. The smallest absolute Gasteiger partial charge is 0.261 e. The molecule has 5 nitrogen and oxygen atoms in total. The number of nitrogens with one attached hydrogen (secondary N) is 1. The molecule has 168 valence electrons. The van der Waals surface area contributed by atoms with Gasteiger partial charge in [0.1, 0.15) is 11.8 Å². The van der Waals surface area contributed by atoms with Crippen LogP contribution >= 0.6 is 39.1 Å². The third kappa shape index (κ3) is 5.74. The lowest BCUT2D eigenvalue weighted by molar-refractivity contribution is -0.142. The van der Waals surface area contributed by atoms with Crippen molar-refractivity contribution in [2.45, 2.75) is 26.4 Å². The Morgan fingerprint density at radius 1 is 1.09 bits per heavy atom. The van der Waals surface area contributed by atoms with Crippen LogP contribution in [0.15, 0.2) is 59.1 Å². The second-order valence-electron chi connectivity index (χ2n) is 7.23. The fourth-order valence-corrected chi connectivity index (χ4v) is 4.22. The van der Waals surface area contributed by atoms with Gasteiger partial charge in [0.15, 0.2) is 6.61 Å². The number of benzene rings is 3. The topological polar surface area (TPSA) is 58.6 Å². The van der Waals surface area contributed by atoms with Crippen molar-refractivity contribution in [2.75, 3.05) is 13.2 Å². The molecule has 0 fully saturated rings. The zero-order valence-electron chi connectivity index (χ0n) is 17.7. The first-order chi connectivity index (χ1) is 15.3. The molecule has 32 heavy (non-hydrogen) atoms. The number of rotatable bonds is 8. The summed E-state index contributed by atoms with van der Waals surface area (Å²) in [6, 6.07) is 16.1. The number of amides is 2. The minimum Gasteiger partial charge on any atom is -0.483 e. The van der Waals surface area contributed by atoms with E-state index in [1.54, 1.807) is 25.1 Å². The molecule has 3 rings (SSSR count). The van der Waals surface area contributed by atoms with E-state index in [9.17, 15) is 9.59 Å². The summed E-state index contributed by atoms with van der Waals surface area (Å²) in [5.41, 5.74) is 0.760. The number of hydrogen-bond donors (Lipinski definition) is 1. The number of ether oxygens (including phenoxy) is 1. The molecule has 0 aliphatic carbocycles. The summed E-state index contributed by atoms with van der Waals surface area (Å²) >= 11 is 15.7. The Hall–Kier alpha value is -2.28. The first-order valence-corrected chi connectivity index (χ1v) is 11.7. The standard InChI is InChI=1S/C24H23BrCl2N2O3/c1-3-28-24(31)15(2)29(13-16-8-10-19(26)20(27)12-16)22(30)14-32-21-11-9-17-6-4-5-7-18(17)23(21)25/h4-12,15H,3,13-14H2,1-2H3,(H,28,31). The minimum absolute atomic E-state index is 0.191. The number of halogens is 3. The molecule has 2 amide bonds. The second-order valence-corrected chi connectivity index (χ2v) is 8.84. The van der Waals surface area contributed by atoms with Crippen molar-refractivity contribution in [2.24, 2.45) is 0 Å². The van der Waals surface area contributed by atoms with Crippen LogP contribution in [0, 0.1) is 0 Å². The third-order valence-corrected chi connectivity index (χ3v) is 6.59. The summed E-state index contributed by atoms with van der Waals surface area (Å²) < 4.78 is 6.62. The summed E-state index contributed by atoms with van der Waals surface area (Å²) in [6.45, 7) is 3.96. The van der Waals surface area contributed by atoms with Gasteiger partial charge in [0.25, 0.3) is 5.91 Å². The summed E-state index contributed by atoms with van der Waals surface area (Å²) in [5.74, 6) is -0.0140. The normalized spacial score (nSPS) is 11.8. The van der Waals surface area contributed by atoms with Gasteiger partial charge in [-0.2, -0.15) is 0 Å². The first kappa shape index (κ1) is 24.4. The van der Waals surface area contributed by atoms with Crippen LogP contribution in [0.25, 0.3) is 10.8 Å². The van der Waals surface area contributed by atoms with Gasteiger partial charge in [0.05, 0.1) is 14.5 Å². The molecule has 0 saturated heterocycles. The van der Waals surface area contributed by atoms with Crippen molar-refractivity contribution in [3.05, 3.63) is 74.7 Å². The second kappa shape index (κ2) is 11.0. The molecule has 0 aliphatic heterocycles. The molecule has 0 bridgehead atoms. The lowest BCUT2D eigenvalue weighted by atomic mass is 10.1. The van der Waals surface area contributed by atoms with Gasteiger partial charge in [-0.1, -0.05) is 59.6 Å². The molecule has 8 heteroatoms. The van der Waals surface area contributed by atoms with Gasteiger partial charge < -0.3 is 15.0 Å². The van der Waals surface area contributed by atoms with Crippen molar-refractivity contribution >= 4 is 61.7 Å². The summed E-state index contributed by atoms with van der Waals surface area (Å²) in [5, 5.41) is 5.62. The lowest BCUT2D eigenvalue weighted by Crippen LogP contribution is -2.49. The van der Waals surface area contributed by atoms with Crippen molar-refractivity contribution in [1.82, 2.24) is 10.2 Å². The van der Waals surface area contributed by atoms with E-state index in [1.807, 2.05) is 43.3 Å². The zero-order chi connectivity index (χ0) is 23.3. The number of hydrogen-bond acceptors (Lipinski definition) is 3. The van der Waals surface area contributed by atoms with Crippen LogP contribution in [0.1, 0.15) is 19.4 Å². The molecule has 3 aromatic rings. The quantitative estimate of drug-likeness (QED) is 0.392. The molecule has 1 N–H and O–H groups in total. The fraction of sp³-hybridized carbons (Fsp3) is 0.250. The van der Waals surface area contributed by atoms with Crippen LogP contribution in [-0.4, -0.2) is 35.9 Å². The minimum atomic E-state index is -0.694. The summed E-state index contributed by atoms with van der Waals surface area (Å²) in [7, 11) is 0. The highest BCUT2D eigenvalue weighted by molar-refractivity contribution is 9.10. The maximum Gasteiger partial charge on any atom is 0.261 e. The van der Waals surface area contributed by atoms with Crippen LogP contribution in [0.5, 0.6) is 5.75 Å². The Kier molecular flexibility index (Phi) is 8.40. The van der Waals surface area contributed by atoms with E-state index in [0.29, 0.717) is 22.3 Å². The van der Waals surface area contributed by atoms with Gasteiger partial charge in [-0.25, -0.2) is 0 Å². The van der Waals surface area contributed by atoms with Gasteiger partial charge in [-0.05, 0) is 64.3 Å². The van der Waals surface area contributed by atoms with Gasteiger partial charge >= 0.3 is 0 Å². The van der Waals surface area contributed by atoms with Gasteiger partial charge in [-0.3, -0.25) is 9.59 Å². The molecular weight excluding hydrogens is 515 g/mol. The van der Waals surface area contributed by atoms with Crippen molar-refractivity contribution in [1.29, 1.82) is 0 Å². The maximum absolute atomic E-state index is 13.1. The fourth-order valence-electron chi connectivity index (χ4n) is 3.29. The largest absolute Gasteiger partial charge is 0.483 e. The highest BCUT2D eigenvalue weighted by Gasteiger charge is 2.26. The van der Waals surface area contributed by atoms with E-state index in [-0.39, 0.29) is 25.0 Å². The van der Waals surface area contributed by atoms with Gasteiger partial charge in [0, 0.05) is 13.1 Å². The number of carbonyl (C=O) groups excluding carboxylic acids is 2. The van der Waals surface area contributed by atoms with E-state index in [4.69, 9.17) is 27.9 Å². The predicted octanol–water partition coefficient (Wildman–Crippen LogP) is 5.84. The van der Waals surface area contributed by atoms with E-state index in [2.05, 4.69) is 21.2 Å². The Balaban J connectivity index is 1.80. The van der Waals surface area contributed by atoms with Crippen molar-refractivity contribution in [3.63, 3.8) is 0 Å². The number of carbonyl (C=O) groups is 2. The van der Waals surface area contributed by atoms with E-state index in [0.717, 1.165) is 20.8 Å². The highest BCUT2D eigenvalue weighted by atomic mass is 79.9. The summed E-state index contributed by atoms with van der Waals surface area (Å²) in [4.78, 5) is 27.1. The van der Waals surface area contributed by atoms with Crippen LogP contribution in [-0.2, 0) is 16.1 Å². The molecular formula is C24H23BrCl2N2O3. The Morgan fingerprint density at radius 3 is 2.56 bits per heavy atom.